The minimum atomic E-state index is 0.121. The van der Waals surface area contributed by atoms with Gasteiger partial charge < -0.3 is 0 Å². The third kappa shape index (κ3) is 4.81. The Bertz CT molecular complexity index is 1210. The van der Waals surface area contributed by atoms with E-state index in [0.29, 0.717) is 0 Å². The topological polar surface area (TPSA) is 30.7 Å². The number of nitrogens with zero attached hydrogens (tertiary/aromatic N) is 3. The zero-order chi connectivity index (χ0) is 22.9. The molecule has 0 saturated carbocycles. The first kappa shape index (κ1) is 22.3. The van der Waals surface area contributed by atoms with Gasteiger partial charge in [0.05, 0.1) is 0 Å². The normalized spacial score (nSPS) is 11.7. The lowest BCUT2D eigenvalue weighted by Crippen LogP contribution is -2.10. The number of benzene rings is 3. The second-order valence-corrected chi connectivity index (χ2v) is 10.5. The van der Waals surface area contributed by atoms with Crippen LogP contribution in [0.2, 0.25) is 0 Å². The second-order valence-electron chi connectivity index (χ2n) is 9.52. The third-order valence-corrected chi connectivity index (χ3v) is 6.77. The Morgan fingerprint density at radius 3 is 2.09 bits per heavy atom. The first-order valence-corrected chi connectivity index (χ1v) is 12.0. The summed E-state index contributed by atoms with van der Waals surface area (Å²) in [5.41, 5.74) is 8.76. The molecule has 0 aliphatic heterocycles. The molecular weight excluding hydrogens is 410 g/mol. The molecule has 0 saturated heterocycles. The maximum Gasteiger partial charge on any atom is 0.196 e. The Balaban J connectivity index is 1.73. The summed E-state index contributed by atoms with van der Waals surface area (Å²) in [5.74, 6) is 1.73. The van der Waals surface area contributed by atoms with Crippen molar-refractivity contribution in [3.63, 3.8) is 0 Å². The van der Waals surface area contributed by atoms with Gasteiger partial charge >= 0.3 is 0 Å². The molecule has 3 aromatic carbocycles. The lowest BCUT2D eigenvalue weighted by Gasteiger charge is -2.19. The molecule has 3 nitrogen and oxygen atoms in total. The zero-order valence-corrected chi connectivity index (χ0v) is 20.6. The minimum absolute atomic E-state index is 0.121. The molecule has 0 radical (unpaired) electrons. The van der Waals surface area contributed by atoms with E-state index in [1.807, 2.05) is 0 Å². The van der Waals surface area contributed by atoms with Gasteiger partial charge in [-0.05, 0) is 55.0 Å². The summed E-state index contributed by atoms with van der Waals surface area (Å²) < 4.78 is 2.18. The number of hydrogen-bond donors (Lipinski definition) is 0. The van der Waals surface area contributed by atoms with Gasteiger partial charge in [-0.15, -0.1) is 10.2 Å². The zero-order valence-electron chi connectivity index (χ0n) is 19.8. The summed E-state index contributed by atoms with van der Waals surface area (Å²) in [6, 6.07) is 23.9. The number of rotatable bonds is 5. The van der Waals surface area contributed by atoms with Crippen molar-refractivity contribution in [2.45, 2.75) is 57.9 Å². The summed E-state index contributed by atoms with van der Waals surface area (Å²) in [6.07, 6.45) is 0. The minimum Gasteiger partial charge on any atom is -0.270 e. The van der Waals surface area contributed by atoms with Gasteiger partial charge in [0.25, 0.3) is 0 Å². The van der Waals surface area contributed by atoms with Gasteiger partial charge in [-0.2, -0.15) is 0 Å². The van der Waals surface area contributed by atoms with Gasteiger partial charge in [-0.1, -0.05) is 98.3 Å². The van der Waals surface area contributed by atoms with Gasteiger partial charge in [0.1, 0.15) is 0 Å². The third-order valence-electron chi connectivity index (χ3n) is 5.80. The molecule has 0 bridgehead atoms. The Hall–Kier alpha value is -2.85. The Morgan fingerprint density at radius 2 is 1.44 bits per heavy atom. The fourth-order valence-corrected chi connectivity index (χ4v) is 4.71. The summed E-state index contributed by atoms with van der Waals surface area (Å²) in [4.78, 5) is 0. The lowest BCUT2D eigenvalue weighted by molar-refractivity contribution is 0.590. The van der Waals surface area contributed by atoms with Crippen LogP contribution in [0, 0.1) is 20.8 Å². The number of hydrogen-bond acceptors (Lipinski definition) is 3. The monoisotopic (exact) mass is 441 g/mol. The van der Waals surface area contributed by atoms with Gasteiger partial charge in [-0.3, -0.25) is 4.57 Å². The van der Waals surface area contributed by atoms with Crippen molar-refractivity contribution in [2.24, 2.45) is 0 Å². The Morgan fingerprint density at radius 1 is 0.781 bits per heavy atom. The number of aromatic nitrogens is 3. The molecule has 1 aromatic heterocycles. The Kier molecular flexibility index (Phi) is 6.25. The predicted octanol–water partition coefficient (Wildman–Crippen LogP) is 7.45. The molecule has 4 heteroatoms. The molecule has 4 aromatic rings. The van der Waals surface area contributed by atoms with Crippen molar-refractivity contribution in [1.82, 2.24) is 14.8 Å². The van der Waals surface area contributed by atoms with E-state index >= 15 is 0 Å². The van der Waals surface area contributed by atoms with Crippen molar-refractivity contribution in [3.8, 4) is 17.1 Å². The SMILES string of the molecule is Cc1ccc(-n2c(SCc3cc(C)ccc3C)nnc2-c2ccc(C(C)(C)C)cc2)cc1. The van der Waals surface area contributed by atoms with E-state index in [0.717, 1.165) is 28.0 Å². The molecule has 0 N–H and O–H groups in total. The lowest BCUT2D eigenvalue weighted by atomic mass is 9.87. The van der Waals surface area contributed by atoms with Crippen LogP contribution in [0.3, 0.4) is 0 Å². The summed E-state index contributed by atoms with van der Waals surface area (Å²) >= 11 is 1.73. The quantitative estimate of drug-likeness (QED) is 0.301. The van der Waals surface area contributed by atoms with Crippen molar-refractivity contribution in [2.75, 3.05) is 0 Å². The number of aryl methyl sites for hydroxylation is 3. The first-order chi connectivity index (χ1) is 15.2. The highest BCUT2D eigenvalue weighted by Gasteiger charge is 2.18. The van der Waals surface area contributed by atoms with Crippen LogP contribution in [0.1, 0.15) is 48.6 Å². The van der Waals surface area contributed by atoms with E-state index in [1.54, 1.807) is 11.8 Å². The molecule has 0 amide bonds. The fourth-order valence-electron chi connectivity index (χ4n) is 3.69. The average Bonchev–Trinajstić information content (AvgIpc) is 3.18. The second kappa shape index (κ2) is 8.95. The van der Waals surface area contributed by atoms with E-state index in [9.17, 15) is 0 Å². The van der Waals surface area contributed by atoms with Crippen LogP contribution in [0.4, 0.5) is 0 Å². The van der Waals surface area contributed by atoms with Crippen molar-refractivity contribution in [3.05, 3.63) is 94.5 Å². The molecule has 164 valence electrons. The molecule has 0 aliphatic carbocycles. The molecule has 0 unspecified atom stereocenters. The van der Waals surface area contributed by atoms with Gasteiger partial charge in [0.2, 0.25) is 0 Å². The fraction of sp³-hybridized carbons (Fsp3) is 0.286. The summed E-state index contributed by atoms with van der Waals surface area (Å²) in [5, 5.41) is 10.1. The highest BCUT2D eigenvalue weighted by Crippen LogP contribution is 2.32. The smallest absolute Gasteiger partial charge is 0.196 e. The van der Waals surface area contributed by atoms with Crippen LogP contribution < -0.4 is 0 Å². The van der Waals surface area contributed by atoms with Crippen LogP contribution in [-0.2, 0) is 11.2 Å². The maximum absolute atomic E-state index is 4.62. The van der Waals surface area contributed by atoms with Gasteiger partial charge in [-0.25, -0.2) is 0 Å². The highest BCUT2D eigenvalue weighted by atomic mass is 32.2. The van der Waals surface area contributed by atoms with E-state index in [1.165, 1.54) is 27.8 Å². The van der Waals surface area contributed by atoms with Crippen LogP contribution in [0.25, 0.3) is 17.1 Å². The molecule has 0 aliphatic rings. The van der Waals surface area contributed by atoms with Gasteiger partial charge in [0.15, 0.2) is 11.0 Å². The first-order valence-electron chi connectivity index (χ1n) is 11.0. The van der Waals surface area contributed by atoms with Crippen molar-refractivity contribution >= 4 is 11.8 Å². The Labute approximate surface area is 195 Å². The van der Waals surface area contributed by atoms with Crippen LogP contribution >= 0.6 is 11.8 Å². The van der Waals surface area contributed by atoms with E-state index in [-0.39, 0.29) is 5.41 Å². The molecule has 0 fully saturated rings. The van der Waals surface area contributed by atoms with Crippen molar-refractivity contribution < 1.29 is 0 Å². The van der Waals surface area contributed by atoms with Crippen LogP contribution in [0.15, 0.2) is 71.9 Å². The molecule has 0 spiro atoms. The number of thioether (sulfide) groups is 1. The standard InChI is InChI=1S/C28H31N3S/c1-19-8-15-25(16-9-19)31-26(22-11-13-24(14-12-22)28(4,5)6)29-30-27(31)32-18-23-17-20(2)7-10-21(23)3/h7-17H,18H2,1-6H3. The molecule has 4 rings (SSSR count). The van der Waals surface area contributed by atoms with E-state index in [2.05, 4.69) is 123 Å². The predicted molar refractivity (Wildman–Crippen MR) is 136 cm³/mol. The average molecular weight is 442 g/mol. The van der Waals surface area contributed by atoms with E-state index < -0.39 is 0 Å². The summed E-state index contributed by atoms with van der Waals surface area (Å²) in [6.45, 7) is 13.1. The highest BCUT2D eigenvalue weighted by molar-refractivity contribution is 7.98. The molecule has 1 heterocycles. The molecule has 32 heavy (non-hydrogen) atoms. The van der Waals surface area contributed by atoms with Crippen LogP contribution in [-0.4, -0.2) is 14.8 Å². The van der Waals surface area contributed by atoms with Crippen LogP contribution in [0.5, 0.6) is 0 Å². The van der Waals surface area contributed by atoms with Crippen molar-refractivity contribution in [1.29, 1.82) is 0 Å². The molecular formula is C28H31N3S. The maximum atomic E-state index is 4.62. The van der Waals surface area contributed by atoms with E-state index in [4.69, 9.17) is 0 Å². The molecule has 0 atom stereocenters. The largest absolute Gasteiger partial charge is 0.270 e. The summed E-state index contributed by atoms with van der Waals surface area (Å²) in [7, 11) is 0. The van der Waals surface area contributed by atoms with Gasteiger partial charge in [0, 0.05) is 17.0 Å².